The Morgan fingerprint density at radius 1 is 1.56 bits per heavy atom. The van der Waals surface area contributed by atoms with Crippen molar-refractivity contribution in [3.8, 4) is 0 Å². The molecule has 3 nitrogen and oxygen atoms in total. The first-order valence-electron chi connectivity index (χ1n) is 5.30. The molecule has 1 aromatic carbocycles. The summed E-state index contributed by atoms with van der Waals surface area (Å²) in [5.74, 6) is -0.832. The SMILES string of the molecule is CCCC(Nc1cc(Cl)ccc1C)C(=O)O. The molecule has 88 valence electrons. The lowest BCUT2D eigenvalue weighted by atomic mass is 10.1. The summed E-state index contributed by atoms with van der Waals surface area (Å²) in [5, 5.41) is 12.6. The van der Waals surface area contributed by atoms with Gasteiger partial charge in [0.05, 0.1) is 0 Å². The van der Waals surface area contributed by atoms with Crippen LogP contribution in [0.3, 0.4) is 0 Å². The van der Waals surface area contributed by atoms with Crippen molar-refractivity contribution < 1.29 is 9.90 Å². The third kappa shape index (κ3) is 3.42. The van der Waals surface area contributed by atoms with Crippen LogP contribution in [0, 0.1) is 6.92 Å². The minimum atomic E-state index is -0.832. The molecule has 4 heteroatoms. The second kappa shape index (κ2) is 5.75. The summed E-state index contributed by atoms with van der Waals surface area (Å²) in [4.78, 5) is 11.0. The standard InChI is InChI=1S/C12H16ClNO2/c1-3-4-10(12(15)16)14-11-7-9(13)6-5-8(11)2/h5-7,10,14H,3-4H2,1-2H3,(H,15,16). The van der Waals surface area contributed by atoms with E-state index in [1.54, 1.807) is 12.1 Å². The molecular formula is C12H16ClNO2. The van der Waals surface area contributed by atoms with E-state index in [2.05, 4.69) is 5.32 Å². The van der Waals surface area contributed by atoms with Crippen LogP contribution in [-0.2, 0) is 4.79 Å². The van der Waals surface area contributed by atoms with Gasteiger partial charge in [0, 0.05) is 10.7 Å². The van der Waals surface area contributed by atoms with Gasteiger partial charge in [0.1, 0.15) is 6.04 Å². The van der Waals surface area contributed by atoms with Crippen molar-refractivity contribution in [2.45, 2.75) is 32.7 Å². The van der Waals surface area contributed by atoms with E-state index in [0.29, 0.717) is 11.4 Å². The molecule has 2 N–H and O–H groups in total. The minimum absolute atomic E-state index is 0.554. The molecule has 16 heavy (non-hydrogen) atoms. The zero-order valence-corrected chi connectivity index (χ0v) is 10.2. The van der Waals surface area contributed by atoms with Gasteiger partial charge in [0.15, 0.2) is 0 Å². The average molecular weight is 242 g/mol. The second-order valence-electron chi connectivity index (χ2n) is 3.78. The number of benzene rings is 1. The Hall–Kier alpha value is -1.22. The third-order valence-corrected chi connectivity index (χ3v) is 2.64. The van der Waals surface area contributed by atoms with Crippen LogP contribution < -0.4 is 5.32 Å². The fourth-order valence-corrected chi connectivity index (χ4v) is 1.66. The van der Waals surface area contributed by atoms with Crippen molar-refractivity contribution in [2.75, 3.05) is 5.32 Å². The maximum Gasteiger partial charge on any atom is 0.326 e. The van der Waals surface area contributed by atoms with Crippen LogP contribution in [0.4, 0.5) is 5.69 Å². The van der Waals surface area contributed by atoms with Crippen molar-refractivity contribution >= 4 is 23.3 Å². The second-order valence-corrected chi connectivity index (χ2v) is 4.22. The first kappa shape index (κ1) is 12.8. The first-order chi connectivity index (χ1) is 7.54. The lowest BCUT2D eigenvalue weighted by Crippen LogP contribution is -2.29. The monoisotopic (exact) mass is 241 g/mol. The average Bonchev–Trinajstić information content (AvgIpc) is 2.22. The van der Waals surface area contributed by atoms with Crippen molar-refractivity contribution in [3.63, 3.8) is 0 Å². The molecule has 0 spiro atoms. The minimum Gasteiger partial charge on any atom is -0.480 e. The van der Waals surface area contributed by atoms with Crippen molar-refractivity contribution in [1.82, 2.24) is 0 Å². The summed E-state index contributed by atoms with van der Waals surface area (Å²) < 4.78 is 0. The number of aryl methyl sites for hydroxylation is 1. The Morgan fingerprint density at radius 2 is 2.25 bits per heavy atom. The lowest BCUT2D eigenvalue weighted by Gasteiger charge is -2.16. The Balaban J connectivity index is 2.84. The van der Waals surface area contributed by atoms with Crippen LogP contribution in [0.25, 0.3) is 0 Å². The van der Waals surface area contributed by atoms with Crippen molar-refractivity contribution in [3.05, 3.63) is 28.8 Å². The Bertz CT molecular complexity index is 379. The summed E-state index contributed by atoms with van der Waals surface area (Å²) in [6.07, 6.45) is 1.42. The van der Waals surface area contributed by atoms with Crippen molar-refractivity contribution in [1.29, 1.82) is 0 Å². The van der Waals surface area contributed by atoms with Crippen LogP contribution in [0.5, 0.6) is 0 Å². The number of rotatable bonds is 5. The molecule has 0 amide bonds. The number of nitrogens with one attached hydrogen (secondary N) is 1. The largest absolute Gasteiger partial charge is 0.480 e. The van der Waals surface area contributed by atoms with Gasteiger partial charge in [-0.1, -0.05) is 31.0 Å². The molecule has 0 bridgehead atoms. The van der Waals surface area contributed by atoms with E-state index in [-0.39, 0.29) is 0 Å². The van der Waals surface area contributed by atoms with Crippen LogP contribution in [-0.4, -0.2) is 17.1 Å². The molecule has 0 saturated heterocycles. The number of carbonyl (C=O) groups is 1. The summed E-state index contributed by atoms with van der Waals surface area (Å²) in [5.41, 5.74) is 1.78. The van der Waals surface area contributed by atoms with Gasteiger partial charge < -0.3 is 10.4 Å². The van der Waals surface area contributed by atoms with E-state index >= 15 is 0 Å². The van der Waals surface area contributed by atoms with Gasteiger partial charge in [0.2, 0.25) is 0 Å². The number of carboxylic acids is 1. The molecule has 0 saturated carbocycles. The number of carboxylic acid groups (broad SMARTS) is 1. The zero-order valence-electron chi connectivity index (χ0n) is 9.46. The molecule has 1 atom stereocenters. The van der Waals surface area contributed by atoms with Gasteiger partial charge in [0.25, 0.3) is 0 Å². The van der Waals surface area contributed by atoms with Gasteiger partial charge in [-0.2, -0.15) is 0 Å². The summed E-state index contributed by atoms with van der Waals surface area (Å²) in [7, 11) is 0. The van der Waals surface area contributed by atoms with Gasteiger partial charge in [-0.15, -0.1) is 0 Å². The number of halogens is 1. The highest BCUT2D eigenvalue weighted by Gasteiger charge is 2.16. The van der Waals surface area contributed by atoms with E-state index < -0.39 is 12.0 Å². The maximum atomic E-state index is 11.0. The van der Waals surface area contributed by atoms with Gasteiger partial charge in [-0.25, -0.2) is 4.79 Å². The summed E-state index contributed by atoms with van der Waals surface area (Å²) >= 11 is 5.87. The number of anilines is 1. The Morgan fingerprint density at radius 3 is 2.81 bits per heavy atom. The predicted molar refractivity (Wildman–Crippen MR) is 66.1 cm³/mol. The molecule has 1 aromatic rings. The molecule has 0 aliphatic heterocycles. The number of hydrogen-bond acceptors (Lipinski definition) is 2. The predicted octanol–water partition coefficient (Wildman–Crippen LogP) is 3.31. The van der Waals surface area contributed by atoms with Gasteiger partial charge in [-0.3, -0.25) is 0 Å². The highest BCUT2D eigenvalue weighted by molar-refractivity contribution is 6.30. The molecular weight excluding hydrogens is 226 g/mol. The molecule has 0 aliphatic carbocycles. The quantitative estimate of drug-likeness (QED) is 0.832. The highest BCUT2D eigenvalue weighted by atomic mass is 35.5. The van der Waals surface area contributed by atoms with Crippen LogP contribution >= 0.6 is 11.6 Å². The molecule has 1 rings (SSSR count). The summed E-state index contributed by atoms with van der Waals surface area (Å²) in [6, 6.07) is 4.86. The van der Waals surface area contributed by atoms with Crippen LogP contribution in [0.1, 0.15) is 25.3 Å². The Kier molecular flexibility index (Phi) is 4.62. The fourth-order valence-electron chi connectivity index (χ4n) is 1.48. The fraction of sp³-hybridized carbons (Fsp3) is 0.417. The lowest BCUT2D eigenvalue weighted by molar-refractivity contribution is -0.138. The van der Waals surface area contributed by atoms with E-state index in [1.807, 2.05) is 19.9 Å². The number of hydrogen-bond donors (Lipinski definition) is 2. The molecule has 0 aromatic heterocycles. The van der Waals surface area contributed by atoms with E-state index in [0.717, 1.165) is 17.7 Å². The zero-order chi connectivity index (χ0) is 12.1. The molecule has 0 fully saturated rings. The number of aliphatic carboxylic acids is 1. The normalized spacial score (nSPS) is 12.2. The molecule has 0 heterocycles. The topological polar surface area (TPSA) is 49.3 Å². The van der Waals surface area contributed by atoms with Gasteiger partial charge in [-0.05, 0) is 31.0 Å². The highest BCUT2D eigenvalue weighted by Crippen LogP contribution is 2.21. The first-order valence-corrected chi connectivity index (χ1v) is 5.68. The van der Waals surface area contributed by atoms with E-state index in [1.165, 1.54) is 0 Å². The smallest absolute Gasteiger partial charge is 0.326 e. The Labute approximate surface area is 100 Å². The van der Waals surface area contributed by atoms with Crippen LogP contribution in [0.15, 0.2) is 18.2 Å². The molecule has 0 radical (unpaired) electrons. The van der Waals surface area contributed by atoms with Crippen molar-refractivity contribution in [2.24, 2.45) is 0 Å². The van der Waals surface area contributed by atoms with Crippen LogP contribution in [0.2, 0.25) is 5.02 Å². The van der Waals surface area contributed by atoms with E-state index in [4.69, 9.17) is 16.7 Å². The summed E-state index contributed by atoms with van der Waals surface area (Å²) in [6.45, 7) is 3.88. The third-order valence-electron chi connectivity index (χ3n) is 2.40. The van der Waals surface area contributed by atoms with E-state index in [9.17, 15) is 4.79 Å². The maximum absolute atomic E-state index is 11.0. The molecule has 0 aliphatic rings. The van der Waals surface area contributed by atoms with Gasteiger partial charge >= 0.3 is 5.97 Å². The molecule has 1 unspecified atom stereocenters.